The number of nitrogens with one attached hydrogen (secondary N) is 1. The molecule has 2 heterocycles. The van der Waals surface area contributed by atoms with Gasteiger partial charge in [-0.3, -0.25) is 9.69 Å². The first kappa shape index (κ1) is 27.0. The highest BCUT2D eigenvalue weighted by Crippen LogP contribution is 2.29. The van der Waals surface area contributed by atoms with Gasteiger partial charge in [-0.15, -0.1) is 0 Å². The Morgan fingerprint density at radius 1 is 1.11 bits per heavy atom. The van der Waals surface area contributed by atoms with Crippen LogP contribution in [0.25, 0.3) is 0 Å². The topological polar surface area (TPSA) is 77.7 Å². The van der Waals surface area contributed by atoms with Crippen molar-refractivity contribution in [1.29, 1.82) is 0 Å². The molecule has 1 aliphatic rings. The third-order valence-electron chi connectivity index (χ3n) is 6.62. The van der Waals surface area contributed by atoms with E-state index in [9.17, 15) is 10.0 Å². The van der Waals surface area contributed by atoms with Gasteiger partial charge in [-0.2, -0.15) is 4.73 Å². The summed E-state index contributed by atoms with van der Waals surface area (Å²) in [5.41, 5.74) is 2.20. The Hall–Kier alpha value is -3.00. The molecule has 4 rings (SSSR count). The maximum atomic E-state index is 12.9. The molecule has 0 aliphatic carbocycles. The van der Waals surface area contributed by atoms with Crippen LogP contribution in [0.15, 0.2) is 60.8 Å². The molecule has 0 radical (unpaired) electrons. The van der Waals surface area contributed by atoms with Crippen LogP contribution in [0.5, 0.6) is 11.5 Å². The third kappa shape index (κ3) is 7.51. The molecule has 0 atom stereocenters. The van der Waals surface area contributed by atoms with Crippen LogP contribution in [0.4, 0.5) is 0 Å². The maximum absolute atomic E-state index is 12.9. The number of carbonyl (C=O) groups excluding carboxylic acids is 1. The highest BCUT2D eigenvalue weighted by atomic mass is 35.5. The molecule has 1 saturated heterocycles. The quantitative estimate of drug-likeness (QED) is 0.290. The molecular formula is C28H31Cl2N3O4. The van der Waals surface area contributed by atoms with Crippen molar-refractivity contribution in [3.05, 3.63) is 92.9 Å². The maximum Gasteiger partial charge on any atom is 0.251 e. The Labute approximate surface area is 227 Å². The Morgan fingerprint density at radius 3 is 2.65 bits per heavy atom. The molecule has 7 nitrogen and oxygen atoms in total. The van der Waals surface area contributed by atoms with Crippen molar-refractivity contribution in [2.45, 2.75) is 25.8 Å². The first-order chi connectivity index (χ1) is 17.9. The number of nitrogens with zero attached hydrogens (tertiary/aromatic N) is 2. The normalized spacial score (nSPS) is 14.4. The van der Waals surface area contributed by atoms with Gasteiger partial charge in [-0.1, -0.05) is 29.3 Å². The number of hydrogen-bond acceptors (Lipinski definition) is 5. The van der Waals surface area contributed by atoms with Gasteiger partial charge in [0, 0.05) is 40.7 Å². The molecule has 1 fully saturated rings. The largest absolute Gasteiger partial charge is 0.618 e. The van der Waals surface area contributed by atoms with E-state index < -0.39 is 0 Å². The fraction of sp³-hybridized carbons (Fsp3) is 0.357. The van der Waals surface area contributed by atoms with Crippen LogP contribution < -0.4 is 19.5 Å². The van der Waals surface area contributed by atoms with E-state index in [0.29, 0.717) is 59.1 Å². The van der Waals surface area contributed by atoms with E-state index in [1.165, 1.54) is 6.20 Å². The summed E-state index contributed by atoms with van der Waals surface area (Å²) < 4.78 is 12.3. The van der Waals surface area contributed by atoms with E-state index in [1.807, 2.05) is 18.2 Å². The monoisotopic (exact) mass is 543 g/mol. The number of methoxy groups -OCH3 is 1. The first-order valence-corrected chi connectivity index (χ1v) is 13.1. The van der Waals surface area contributed by atoms with Gasteiger partial charge >= 0.3 is 0 Å². The van der Waals surface area contributed by atoms with E-state index in [2.05, 4.69) is 10.2 Å². The third-order valence-corrected chi connectivity index (χ3v) is 7.21. The lowest BCUT2D eigenvalue weighted by atomic mass is 9.96. The summed E-state index contributed by atoms with van der Waals surface area (Å²) in [6, 6.07) is 16.0. The van der Waals surface area contributed by atoms with E-state index in [4.69, 9.17) is 32.7 Å². The van der Waals surface area contributed by atoms with Crippen molar-refractivity contribution < 1.29 is 19.0 Å². The van der Waals surface area contributed by atoms with Crippen LogP contribution in [-0.4, -0.2) is 44.2 Å². The summed E-state index contributed by atoms with van der Waals surface area (Å²) in [6.07, 6.45) is 4.06. The lowest BCUT2D eigenvalue weighted by molar-refractivity contribution is -0.615. The Morgan fingerprint density at radius 2 is 1.92 bits per heavy atom. The molecule has 0 saturated carbocycles. The number of benzene rings is 2. The molecular weight excluding hydrogens is 513 g/mol. The number of hydrogen-bond donors (Lipinski definition) is 1. The summed E-state index contributed by atoms with van der Waals surface area (Å²) in [5.74, 6) is 1.31. The number of rotatable bonds is 10. The highest BCUT2D eigenvalue weighted by Gasteiger charge is 2.22. The zero-order chi connectivity index (χ0) is 26.2. The van der Waals surface area contributed by atoms with E-state index in [1.54, 1.807) is 43.5 Å². The van der Waals surface area contributed by atoms with Gasteiger partial charge in [0.1, 0.15) is 0 Å². The molecule has 9 heteroatoms. The van der Waals surface area contributed by atoms with Crippen LogP contribution in [0.1, 0.15) is 34.5 Å². The number of halogens is 2. The predicted molar refractivity (Wildman–Crippen MR) is 144 cm³/mol. The van der Waals surface area contributed by atoms with Crippen LogP contribution in [0, 0.1) is 11.1 Å². The van der Waals surface area contributed by atoms with Crippen LogP contribution in [0.2, 0.25) is 10.0 Å². The molecule has 1 aromatic heterocycles. The molecule has 37 heavy (non-hydrogen) atoms. The van der Waals surface area contributed by atoms with Crippen LogP contribution in [0.3, 0.4) is 0 Å². The van der Waals surface area contributed by atoms with Gasteiger partial charge in [0.2, 0.25) is 5.69 Å². The lowest BCUT2D eigenvalue weighted by Gasteiger charge is -2.31. The second-order valence-corrected chi connectivity index (χ2v) is 9.99. The summed E-state index contributed by atoms with van der Waals surface area (Å²) >= 11 is 12.2. The highest BCUT2D eigenvalue weighted by molar-refractivity contribution is 6.35. The van der Waals surface area contributed by atoms with Gasteiger partial charge < -0.3 is 20.0 Å². The number of piperidine rings is 1. The standard InChI is InChI=1S/C28H31Cl2N3O4/c1-36-26-8-6-22(16-27(26)37-15-11-21-5-7-23(29)17-25(21)30)28(34)31-18-20-9-13-32(14-10-20)19-24-4-2-3-12-33(24)35/h2-8,12,16-17,20H,9-11,13-15,18-19H2,1H3,(H,31,34). The zero-order valence-corrected chi connectivity index (χ0v) is 22.3. The SMILES string of the molecule is COc1ccc(C(=O)NCC2CCN(Cc3cccc[n+]3[O-])CC2)cc1OCCc1ccc(Cl)cc1Cl. The lowest BCUT2D eigenvalue weighted by Crippen LogP contribution is -2.41. The van der Waals surface area contributed by atoms with Crippen molar-refractivity contribution in [2.75, 3.05) is 33.4 Å². The molecule has 196 valence electrons. The van der Waals surface area contributed by atoms with E-state index in [-0.39, 0.29) is 5.91 Å². The van der Waals surface area contributed by atoms with Crippen molar-refractivity contribution >= 4 is 29.1 Å². The van der Waals surface area contributed by atoms with E-state index in [0.717, 1.165) is 41.9 Å². The Bertz CT molecular complexity index is 1220. The van der Waals surface area contributed by atoms with Crippen LogP contribution in [-0.2, 0) is 13.0 Å². The molecule has 2 aromatic carbocycles. The average molecular weight is 544 g/mol. The first-order valence-electron chi connectivity index (χ1n) is 12.4. The number of pyridine rings is 1. The van der Waals surface area contributed by atoms with Gasteiger partial charge in [0.05, 0.1) is 20.3 Å². The van der Waals surface area contributed by atoms with Crippen molar-refractivity contribution in [3.8, 4) is 11.5 Å². The number of ether oxygens (including phenoxy) is 2. The summed E-state index contributed by atoms with van der Waals surface area (Å²) in [4.78, 5) is 15.2. The number of aromatic nitrogens is 1. The molecule has 0 bridgehead atoms. The summed E-state index contributed by atoms with van der Waals surface area (Å²) in [5, 5.41) is 16.1. The van der Waals surface area contributed by atoms with Gasteiger partial charge in [0.25, 0.3) is 5.91 Å². The average Bonchev–Trinajstić information content (AvgIpc) is 2.90. The number of amides is 1. The fourth-order valence-electron chi connectivity index (χ4n) is 4.43. The minimum atomic E-state index is -0.146. The number of likely N-dealkylation sites (tertiary alicyclic amines) is 1. The molecule has 0 spiro atoms. The second kappa shape index (κ2) is 13.0. The second-order valence-electron chi connectivity index (χ2n) is 9.15. The van der Waals surface area contributed by atoms with Gasteiger partial charge in [-0.25, -0.2) is 0 Å². The smallest absolute Gasteiger partial charge is 0.251 e. The fourth-order valence-corrected chi connectivity index (χ4v) is 4.93. The molecule has 0 unspecified atom stereocenters. The van der Waals surface area contributed by atoms with Crippen molar-refractivity contribution in [1.82, 2.24) is 10.2 Å². The van der Waals surface area contributed by atoms with Crippen molar-refractivity contribution in [3.63, 3.8) is 0 Å². The minimum absolute atomic E-state index is 0.146. The molecule has 1 N–H and O–H groups in total. The minimum Gasteiger partial charge on any atom is -0.618 e. The van der Waals surface area contributed by atoms with Crippen molar-refractivity contribution in [2.24, 2.45) is 5.92 Å². The van der Waals surface area contributed by atoms with Crippen LogP contribution >= 0.6 is 23.2 Å². The van der Waals surface area contributed by atoms with Gasteiger partial charge in [-0.05, 0) is 73.8 Å². The molecule has 3 aromatic rings. The molecule has 1 aliphatic heterocycles. The predicted octanol–water partition coefficient (Wildman–Crippen LogP) is 4.90. The summed E-state index contributed by atoms with van der Waals surface area (Å²) in [6.45, 7) is 3.41. The number of carbonyl (C=O) groups is 1. The Balaban J connectivity index is 1.26. The zero-order valence-electron chi connectivity index (χ0n) is 20.8. The summed E-state index contributed by atoms with van der Waals surface area (Å²) in [7, 11) is 1.57. The van der Waals surface area contributed by atoms with E-state index >= 15 is 0 Å². The molecule has 1 amide bonds. The Kier molecular flexibility index (Phi) is 9.50. The van der Waals surface area contributed by atoms with Gasteiger partial charge in [0.15, 0.2) is 17.7 Å².